The van der Waals surface area contributed by atoms with Gasteiger partial charge in [-0.05, 0) is 29.8 Å². The molecule has 0 saturated heterocycles. The van der Waals surface area contributed by atoms with Gasteiger partial charge in [-0.3, -0.25) is 9.59 Å². The van der Waals surface area contributed by atoms with Crippen molar-refractivity contribution < 1.29 is 14.3 Å². The Balaban J connectivity index is 1.59. The van der Waals surface area contributed by atoms with E-state index < -0.39 is 0 Å². The average molecular weight is 444 g/mol. The average Bonchev–Trinajstić information content (AvgIpc) is 2.86. The summed E-state index contributed by atoms with van der Waals surface area (Å²) >= 11 is 0. The Bertz CT molecular complexity index is 1290. The number of aromatic nitrogens is 2. The SMILES string of the molecule is COCCN(Cc1nc2ccccc2c(=O)[nH]1)C(=O)c1ccccc1OCc1ccccc1. The van der Waals surface area contributed by atoms with E-state index in [1.54, 1.807) is 48.4 Å². The summed E-state index contributed by atoms with van der Waals surface area (Å²) in [7, 11) is 1.58. The van der Waals surface area contributed by atoms with Gasteiger partial charge in [0.15, 0.2) is 0 Å². The molecule has 1 aromatic heterocycles. The lowest BCUT2D eigenvalue weighted by Crippen LogP contribution is -2.35. The summed E-state index contributed by atoms with van der Waals surface area (Å²) in [6, 6.07) is 24.0. The fourth-order valence-corrected chi connectivity index (χ4v) is 3.52. The van der Waals surface area contributed by atoms with E-state index in [1.807, 2.05) is 42.5 Å². The maximum atomic E-state index is 13.5. The van der Waals surface area contributed by atoms with Crippen LogP contribution in [0.2, 0.25) is 0 Å². The molecule has 1 heterocycles. The first-order valence-electron chi connectivity index (χ1n) is 10.7. The van der Waals surface area contributed by atoms with Gasteiger partial charge in [-0.25, -0.2) is 4.98 Å². The zero-order valence-corrected chi connectivity index (χ0v) is 18.4. The number of nitrogens with zero attached hydrogens (tertiary/aromatic N) is 2. The van der Waals surface area contributed by atoms with Crippen LogP contribution < -0.4 is 10.3 Å². The standard InChI is InChI=1S/C26H25N3O4/c1-32-16-15-29(17-24-27-22-13-7-5-11-20(22)25(30)28-24)26(31)21-12-6-8-14-23(21)33-18-19-9-3-2-4-10-19/h2-14H,15-18H2,1H3,(H,27,28,30). The van der Waals surface area contributed by atoms with E-state index in [0.717, 1.165) is 5.56 Å². The lowest BCUT2D eigenvalue weighted by Gasteiger charge is -2.23. The molecule has 0 aliphatic heterocycles. The van der Waals surface area contributed by atoms with Crippen molar-refractivity contribution in [1.82, 2.24) is 14.9 Å². The highest BCUT2D eigenvalue weighted by Gasteiger charge is 2.21. The molecule has 0 radical (unpaired) electrons. The van der Waals surface area contributed by atoms with E-state index in [9.17, 15) is 9.59 Å². The quantitative estimate of drug-likeness (QED) is 0.425. The molecule has 33 heavy (non-hydrogen) atoms. The third-order valence-corrected chi connectivity index (χ3v) is 5.21. The van der Waals surface area contributed by atoms with Crippen LogP contribution in [0.15, 0.2) is 83.7 Å². The number of nitrogens with one attached hydrogen (secondary N) is 1. The topological polar surface area (TPSA) is 84.5 Å². The molecule has 4 rings (SSSR count). The van der Waals surface area contributed by atoms with Gasteiger partial charge in [-0.2, -0.15) is 0 Å². The second-order valence-corrected chi connectivity index (χ2v) is 7.52. The first-order valence-corrected chi connectivity index (χ1v) is 10.7. The van der Waals surface area contributed by atoms with Gasteiger partial charge in [0.1, 0.15) is 18.2 Å². The Hall–Kier alpha value is -3.97. The van der Waals surface area contributed by atoms with E-state index in [0.29, 0.717) is 47.8 Å². The van der Waals surface area contributed by atoms with Gasteiger partial charge in [-0.15, -0.1) is 0 Å². The molecule has 7 nitrogen and oxygen atoms in total. The van der Waals surface area contributed by atoms with Crippen LogP contribution >= 0.6 is 0 Å². The number of hydrogen-bond acceptors (Lipinski definition) is 5. The monoisotopic (exact) mass is 443 g/mol. The largest absolute Gasteiger partial charge is 0.488 e. The van der Waals surface area contributed by atoms with Gasteiger partial charge in [0.2, 0.25) is 0 Å². The van der Waals surface area contributed by atoms with Gasteiger partial charge < -0.3 is 19.4 Å². The van der Waals surface area contributed by atoms with E-state index >= 15 is 0 Å². The zero-order valence-electron chi connectivity index (χ0n) is 18.4. The second kappa shape index (κ2) is 10.6. The molecule has 7 heteroatoms. The minimum Gasteiger partial charge on any atom is -0.488 e. The summed E-state index contributed by atoms with van der Waals surface area (Å²) in [6.45, 7) is 1.16. The molecule has 3 aromatic carbocycles. The van der Waals surface area contributed by atoms with Gasteiger partial charge in [0, 0.05) is 13.7 Å². The Kier molecular flexibility index (Phi) is 7.12. The second-order valence-electron chi connectivity index (χ2n) is 7.52. The number of hydrogen-bond donors (Lipinski definition) is 1. The molecule has 4 aromatic rings. The molecule has 0 bridgehead atoms. The lowest BCUT2D eigenvalue weighted by atomic mass is 10.1. The predicted octanol–water partition coefficient (Wildman–Crippen LogP) is 3.79. The zero-order chi connectivity index (χ0) is 23.0. The van der Waals surface area contributed by atoms with Crippen LogP contribution in [0.5, 0.6) is 5.75 Å². The third kappa shape index (κ3) is 5.45. The van der Waals surface area contributed by atoms with Crippen molar-refractivity contribution in [1.29, 1.82) is 0 Å². The van der Waals surface area contributed by atoms with Gasteiger partial charge in [0.25, 0.3) is 11.5 Å². The van der Waals surface area contributed by atoms with Crippen molar-refractivity contribution in [2.24, 2.45) is 0 Å². The number of benzene rings is 3. The first kappa shape index (κ1) is 22.2. The summed E-state index contributed by atoms with van der Waals surface area (Å²) in [6.07, 6.45) is 0. The minimum absolute atomic E-state index is 0.134. The van der Waals surface area contributed by atoms with Gasteiger partial charge in [0.05, 0.1) is 29.6 Å². The van der Waals surface area contributed by atoms with Crippen molar-refractivity contribution in [3.05, 3.63) is 106 Å². The molecule has 0 aliphatic carbocycles. The predicted molar refractivity (Wildman–Crippen MR) is 126 cm³/mol. The highest BCUT2D eigenvalue weighted by Crippen LogP contribution is 2.22. The van der Waals surface area contributed by atoms with Gasteiger partial charge >= 0.3 is 0 Å². The number of carbonyl (C=O) groups is 1. The van der Waals surface area contributed by atoms with Gasteiger partial charge in [-0.1, -0.05) is 54.6 Å². The number of ether oxygens (including phenoxy) is 2. The number of aromatic amines is 1. The van der Waals surface area contributed by atoms with Crippen molar-refractivity contribution in [3.8, 4) is 5.75 Å². The Morgan fingerprint density at radius 2 is 1.70 bits per heavy atom. The highest BCUT2D eigenvalue weighted by atomic mass is 16.5. The molecule has 168 valence electrons. The summed E-state index contributed by atoms with van der Waals surface area (Å²) in [5.41, 5.74) is 1.80. The van der Waals surface area contributed by atoms with Crippen LogP contribution in [0.25, 0.3) is 10.9 Å². The number of rotatable bonds is 9. The fourth-order valence-electron chi connectivity index (χ4n) is 3.52. The van der Waals surface area contributed by atoms with Crippen LogP contribution in [0, 0.1) is 0 Å². The molecule has 0 fully saturated rings. The highest BCUT2D eigenvalue weighted by molar-refractivity contribution is 5.97. The van der Waals surface area contributed by atoms with E-state index in [4.69, 9.17) is 9.47 Å². The Labute approximate surface area is 191 Å². The number of fused-ring (bicyclic) bond motifs is 1. The van der Waals surface area contributed by atoms with Crippen molar-refractivity contribution in [2.45, 2.75) is 13.2 Å². The fraction of sp³-hybridized carbons (Fsp3) is 0.192. The van der Waals surface area contributed by atoms with Crippen LogP contribution in [0.3, 0.4) is 0 Å². The number of H-pyrrole nitrogens is 1. The van der Waals surface area contributed by atoms with E-state index in [1.165, 1.54) is 0 Å². The lowest BCUT2D eigenvalue weighted by molar-refractivity contribution is 0.0670. The van der Waals surface area contributed by atoms with E-state index in [-0.39, 0.29) is 18.0 Å². The number of para-hydroxylation sites is 2. The molecular formula is C26H25N3O4. The smallest absolute Gasteiger partial charge is 0.258 e. The van der Waals surface area contributed by atoms with Crippen molar-refractivity contribution in [2.75, 3.05) is 20.3 Å². The Morgan fingerprint density at radius 3 is 2.52 bits per heavy atom. The van der Waals surface area contributed by atoms with Crippen LogP contribution in [-0.4, -0.2) is 41.0 Å². The summed E-state index contributed by atoms with van der Waals surface area (Å²) < 4.78 is 11.2. The molecule has 0 atom stereocenters. The van der Waals surface area contributed by atoms with E-state index in [2.05, 4.69) is 9.97 Å². The van der Waals surface area contributed by atoms with Crippen LogP contribution in [0.1, 0.15) is 21.7 Å². The molecular weight excluding hydrogens is 418 g/mol. The molecule has 1 N–H and O–H groups in total. The Morgan fingerprint density at radius 1 is 0.970 bits per heavy atom. The van der Waals surface area contributed by atoms with Crippen molar-refractivity contribution in [3.63, 3.8) is 0 Å². The summed E-state index contributed by atoms with van der Waals surface area (Å²) in [5, 5.41) is 0.510. The molecule has 1 amide bonds. The number of methoxy groups -OCH3 is 1. The summed E-state index contributed by atoms with van der Waals surface area (Å²) in [4.78, 5) is 34.9. The van der Waals surface area contributed by atoms with Crippen molar-refractivity contribution >= 4 is 16.8 Å². The molecule has 0 unspecified atom stereocenters. The minimum atomic E-state index is -0.235. The molecule has 0 saturated carbocycles. The van der Waals surface area contributed by atoms with Crippen LogP contribution in [0.4, 0.5) is 0 Å². The molecule has 0 aliphatic rings. The maximum absolute atomic E-state index is 13.5. The molecule has 0 spiro atoms. The normalized spacial score (nSPS) is 10.8. The third-order valence-electron chi connectivity index (χ3n) is 5.21. The van der Waals surface area contributed by atoms with Crippen LogP contribution in [-0.2, 0) is 17.9 Å². The first-order chi connectivity index (χ1) is 16.2. The number of carbonyl (C=O) groups excluding carboxylic acids is 1. The summed E-state index contributed by atoms with van der Waals surface area (Å²) in [5.74, 6) is 0.672. The number of amides is 1. The maximum Gasteiger partial charge on any atom is 0.258 e.